The van der Waals surface area contributed by atoms with Crippen LogP contribution in [0.1, 0.15) is 29.5 Å². The van der Waals surface area contributed by atoms with Gasteiger partial charge in [0.2, 0.25) is 0 Å². The van der Waals surface area contributed by atoms with Gasteiger partial charge in [0.1, 0.15) is 5.58 Å². The predicted molar refractivity (Wildman–Crippen MR) is 262 cm³/mol. The van der Waals surface area contributed by atoms with E-state index in [0.29, 0.717) is 0 Å². The second-order valence-corrected chi connectivity index (χ2v) is 22.0. The van der Waals surface area contributed by atoms with E-state index in [1.165, 1.54) is 49.7 Å². The first-order chi connectivity index (χ1) is 30.2. The van der Waals surface area contributed by atoms with Crippen molar-refractivity contribution in [3.8, 4) is 55.9 Å². The van der Waals surface area contributed by atoms with Gasteiger partial charge >= 0.3 is 0 Å². The summed E-state index contributed by atoms with van der Waals surface area (Å²) in [5, 5.41) is 3.60. The molecule has 0 spiro atoms. The van der Waals surface area contributed by atoms with Crippen molar-refractivity contribution in [1.82, 2.24) is 9.97 Å². The Morgan fingerprint density at radius 1 is 0.556 bits per heavy atom. The van der Waals surface area contributed by atoms with Crippen molar-refractivity contribution in [3.63, 3.8) is 0 Å². The molecule has 0 fully saturated rings. The summed E-state index contributed by atoms with van der Waals surface area (Å²) in [6, 6.07) is 70.1. The first-order valence-electron chi connectivity index (χ1n) is 21.3. The van der Waals surface area contributed by atoms with Crippen molar-refractivity contribution in [3.05, 3.63) is 223 Å². The van der Waals surface area contributed by atoms with Gasteiger partial charge in [-0.25, -0.2) is 0 Å². The molecule has 5 heteroatoms. The van der Waals surface area contributed by atoms with Crippen LogP contribution in [0.3, 0.4) is 0 Å². The van der Waals surface area contributed by atoms with E-state index < -0.39 is 8.07 Å². The summed E-state index contributed by atoms with van der Waals surface area (Å²) in [6.45, 7) is 11.5. The van der Waals surface area contributed by atoms with Crippen molar-refractivity contribution >= 4 is 35.2 Å². The number of rotatable bonds is 8. The maximum Gasteiger partial charge on any atom is 0.121 e. The van der Waals surface area contributed by atoms with Crippen LogP contribution in [-0.4, -0.2) is 18.0 Å². The topological polar surface area (TPSA) is 38.9 Å². The van der Waals surface area contributed by atoms with Gasteiger partial charge < -0.3 is 14.4 Å². The molecule has 3 nitrogen and oxygen atoms in total. The van der Waals surface area contributed by atoms with Crippen LogP contribution in [0.2, 0.25) is 19.6 Å². The molecular formula is C58H48IrN2OSi-2. The van der Waals surface area contributed by atoms with Gasteiger partial charge in [-0.05, 0) is 69.0 Å². The molecule has 0 aliphatic carbocycles. The van der Waals surface area contributed by atoms with Crippen LogP contribution in [0.15, 0.2) is 199 Å². The molecule has 3 aromatic heterocycles. The predicted octanol–water partition coefficient (Wildman–Crippen LogP) is 15.0. The molecule has 10 rings (SSSR count). The minimum Gasteiger partial charge on any atom is -0.501 e. The molecule has 0 saturated carbocycles. The van der Waals surface area contributed by atoms with Crippen LogP contribution < -0.4 is 5.19 Å². The Hall–Kier alpha value is -6.49. The average molecular weight is 1010 g/mol. The summed E-state index contributed by atoms with van der Waals surface area (Å²) in [6.07, 6.45) is 3.95. The van der Waals surface area contributed by atoms with E-state index >= 15 is 0 Å². The number of aryl methyl sites for hydroxylation is 1. The van der Waals surface area contributed by atoms with E-state index in [-0.39, 0.29) is 26.0 Å². The van der Waals surface area contributed by atoms with Crippen LogP contribution in [-0.2, 0) is 20.1 Å². The third-order valence-electron chi connectivity index (χ3n) is 11.7. The van der Waals surface area contributed by atoms with Crippen molar-refractivity contribution in [2.45, 2.75) is 39.4 Å². The third kappa shape index (κ3) is 9.33. The molecule has 311 valence electrons. The Morgan fingerprint density at radius 3 is 1.87 bits per heavy atom. The van der Waals surface area contributed by atoms with Gasteiger partial charge in [0.05, 0.1) is 13.7 Å². The summed E-state index contributed by atoms with van der Waals surface area (Å²) >= 11 is 0. The number of aromatic nitrogens is 2. The Kier molecular flexibility index (Phi) is 12.9. The summed E-state index contributed by atoms with van der Waals surface area (Å²) < 4.78 is 6.56. The first kappa shape index (κ1) is 43.2. The monoisotopic (exact) mass is 1010 g/mol. The Labute approximate surface area is 385 Å². The third-order valence-corrected chi connectivity index (χ3v) is 13.8. The zero-order valence-electron chi connectivity index (χ0n) is 36.2. The molecule has 0 bridgehead atoms. The normalized spacial score (nSPS) is 11.7. The Balaban J connectivity index is 0.000000194. The van der Waals surface area contributed by atoms with E-state index in [4.69, 9.17) is 9.40 Å². The second kappa shape index (κ2) is 18.9. The zero-order valence-corrected chi connectivity index (χ0v) is 39.6. The SMILES string of the molecule is CC(c1ccccc1)c1ccnc(-c2[c-]ccc3c2oc2cc(-c4ccccc4-c4ccccc4)ccc23)c1.Cc1cc(-c2[c-]cc(-c3ccccc3)cc2)ncc1[Si](C)(C)C.[Ir]. The zero-order chi connectivity index (χ0) is 42.6. The number of nitrogens with zero attached hydrogens (tertiary/aromatic N) is 2. The second-order valence-electron chi connectivity index (χ2n) is 16.9. The quantitative estimate of drug-likeness (QED) is 0.112. The molecule has 0 amide bonds. The van der Waals surface area contributed by atoms with Crippen molar-refractivity contribution in [2.24, 2.45) is 0 Å². The summed E-state index contributed by atoms with van der Waals surface area (Å²) in [5.41, 5.74) is 16.4. The molecule has 0 aliphatic heterocycles. The van der Waals surface area contributed by atoms with Crippen LogP contribution >= 0.6 is 0 Å². The number of benzene rings is 7. The number of hydrogen-bond donors (Lipinski definition) is 0. The fourth-order valence-corrected chi connectivity index (χ4v) is 10.1. The number of fused-ring (bicyclic) bond motifs is 3. The standard InChI is InChI=1S/C37H26NO.C21H22NSi.Ir/c1-25(26-11-4-2-5-12-26)28-21-22-38-35(23-28)34-18-10-17-33-32-20-19-29(24-36(32)39-37(33)34)31-16-9-8-15-30(31)27-13-6-3-7-14-27;1-16-14-20(22-15-21(16)23(2,3)4)19-12-10-18(11-13-19)17-8-6-5-7-9-17;/h2-17,19-25H,1H3;5-12,14-15H,1-4H3;/q2*-1;. The minimum atomic E-state index is -1.33. The van der Waals surface area contributed by atoms with Gasteiger partial charge in [0, 0.05) is 43.8 Å². The fourth-order valence-electron chi connectivity index (χ4n) is 8.37. The summed E-state index contributed by atoms with van der Waals surface area (Å²) in [4.78, 5) is 9.41. The minimum absolute atomic E-state index is 0. The van der Waals surface area contributed by atoms with Crippen molar-refractivity contribution in [1.29, 1.82) is 0 Å². The molecule has 7 aromatic carbocycles. The molecular weight excluding hydrogens is 961 g/mol. The molecule has 3 heterocycles. The smallest absolute Gasteiger partial charge is 0.121 e. The number of hydrogen-bond acceptors (Lipinski definition) is 3. The van der Waals surface area contributed by atoms with Crippen LogP contribution in [0.4, 0.5) is 0 Å². The van der Waals surface area contributed by atoms with Gasteiger partial charge in [-0.1, -0.05) is 194 Å². The molecule has 0 saturated heterocycles. The van der Waals surface area contributed by atoms with E-state index in [0.717, 1.165) is 50.0 Å². The van der Waals surface area contributed by atoms with Crippen molar-refractivity contribution < 1.29 is 24.5 Å². The largest absolute Gasteiger partial charge is 0.501 e. The van der Waals surface area contributed by atoms with Gasteiger partial charge in [0.15, 0.2) is 0 Å². The Morgan fingerprint density at radius 2 is 1.21 bits per heavy atom. The molecule has 1 radical (unpaired) electrons. The van der Waals surface area contributed by atoms with Crippen LogP contribution in [0.25, 0.3) is 77.8 Å². The van der Waals surface area contributed by atoms with Gasteiger partial charge in [-0.3, -0.25) is 0 Å². The molecule has 1 atom stereocenters. The van der Waals surface area contributed by atoms with Crippen molar-refractivity contribution in [2.75, 3.05) is 0 Å². The van der Waals surface area contributed by atoms with E-state index in [9.17, 15) is 0 Å². The molecule has 1 unspecified atom stereocenters. The average Bonchev–Trinajstić information content (AvgIpc) is 3.70. The van der Waals surface area contributed by atoms with E-state index in [2.05, 4.69) is 215 Å². The van der Waals surface area contributed by atoms with E-state index in [1.54, 1.807) is 0 Å². The van der Waals surface area contributed by atoms with Gasteiger partial charge in [0.25, 0.3) is 0 Å². The molecule has 10 aromatic rings. The maximum atomic E-state index is 6.56. The van der Waals surface area contributed by atoms with Gasteiger partial charge in [-0.15, -0.1) is 48.0 Å². The molecule has 63 heavy (non-hydrogen) atoms. The Bertz CT molecular complexity index is 3120. The van der Waals surface area contributed by atoms with Crippen LogP contribution in [0.5, 0.6) is 0 Å². The maximum absolute atomic E-state index is 6.56. The summed E-state index contributed by atoms with van der Waals surface area (Å²) in [7, 11) is -1.33. The summed E-state index contributed by atoms with van der Waals surface area (Å²) in [5.74, 6) is 0.259. The first-order valence-corrected chi connectivity index (χ1v) is 24.8. The number of pyridine rings is 2. The number of furan rings is 1. The van der Waals surface area contributed by atoms with Gasteiger partial charge in [-0.2, -0.15) is 0 Å². The fraction of sp³-hybridized carbons (Fsp3) is 0.103. The molecule has 0 aliphatic rings. The molecule has 0 N–H and O–H groups in total. The van der Waals surface area contributed by atoms with E-state index in [1.807, 2.05) is 30.5 Å². The van der Waals surface area contributed by atoms with Crippen LogP contribution in [0, 0.1) is 19.1 Å².